The number of rotatable bonds is 11. The Hall–Kier alpha value is -2.82. The van der Waals surface area contributed by atoms with Gasteiger partial charge in [0, 0.05) is 13.0 Å². The lowest BCUT2D eigenvalue weighted by molar-refractivity contribution is 0.596. The molecule has 0 unspecified atom stereocenters. The molecule has 5 nitrogen and oxygen atoms in total. The fourth-order valence-electron chi connectivity index (χ4n) is 3.56. The quantitative estimate of drug-likeness (QED) is 0.307. The number of nitrogens with zero attached hydrogens (tertiary/aromatic N) is 1. The molecule has 3 rings (SSSR count). The van der Waals surface area contributed by atoms with Crippen LogP contribution >= 0.6 is 0 Å². The van der Waals surface area contributed by atoms with Gasteiger partial charge in [-0.1, -0.05) is 75.8 Å². The van der Waals surface area contributed by atoms with Crippen molar-refractivity contribution in [1.29, 1.82) is 0 Å². The largest absolute Gasteiger partial charge is 0.397 e. The van der Waals surface area contributed by atoms with E-state index in [4.69, 9.17) is 5.73 Å². The topological polar surface area (TPSA) is 83.8 Å². The van der Waals surface area contributed by atoms with E-state index in [1.54, 1.807) is 6.07 Å². The summed E-state index contributed by atoms with van der Waals surface area (Å²) in [7, 11) is 0. The molecule has 2 aromatic carbocycles. The molecule has 0 aliphatic rings. The van der Waals surface area contributed by atoms with Crippen molar-refractivity contribution in [2.24, 2.45) is 0 Å². The van der Waals surface area contributed by atoms with E-state index in [9.17, 15) is 4.79 Å². The minimum atomic E-state index is -0.162. The van der Waals surface area contributed by atoms with Crippen LogP contribution < -0.4 is 16.6 Å². The Kier molecular flexibility index (Phi) is 7.68. The highest BCUT2D eigenvalue weighted by atomic mass is 16.1. The van der Waals surface area contributed by atoms with Crippen LogP contribution in [0.4, 0.5) is 11.4 Å². The first-order chi connectivity index (χ1) is 14.2. The fourth-order valence-corrected chi connectivity index (χ4v) is 3.56. The number of nitrogen functional groups attached to an aromatic ring is 1. The predicted molar refractivity (Wildman–Crippen MR) is 123 cm³/mol. The van der Waals surface area contributed by atoms with E-state index in [0.717, 1.165) is 29.7 Å². The molecule has 0 aliphatic carbocycles. The maximum atomic E-state index is 12.4. The first-order valence-corrected chi connectivity index (χ1v) is 10.8. The Bertz CT molecular complexity index is 966. The van der Waals surface area contributed by atoms with Crippen LogP contribution in [0.2, 0.25) is 0 Å². The van der Waals surface area contributed by atoms with Gasteiger partial charge in [0.05, 0.1) is 22.4 Å². The predicted octanol–water partition coefficient (Wildman–Crippen LogP) is 5.26. The number of hydrogen-bond acceptors (Lipinski definition) is 4. The Balaban J connectivity index is 1.64. The summed E-state index contributed by atoms with van der Waals surface area (Å²) < 4.78 is 0. The third-order valence-corrected chi connectivity index (χ3v) is 5.24. The summed E-state index contributed by atoms with van der Waals surface area (Å²) in [6, 6.07) is 13.6. The Morgan fingerprint density at radius 1 is 1.00 bits per heavy atom. The zero-order chi connectivity index (χ0) is 20.5. The highest BCUT2D eigenvalue weighted by Gasteiger charge is 2.09. The molecule has 5 heteroatoms. The first kappa shape index (κ1) is 20.9. The molecule has 0 saturated carbocycles. The molecule has 29 heavy (non-hydrogen) atoms. The highest BCUT2D eigenvalue weighted by molar-refractivity contribution is 5.86. The van der Waals surface area contributed by atoms with E-state index in [1.807, 2.05) is 36.4 Å². The van der Waals surface area contributed by atoms with E-state index in [2.05, 4.69) is 22.2 Å². The van der Waals surface area contributed by atoms with Crippen LogP contribution in [0.5, 0.6) is 0 Å². The van der Waals surface area contributed by atoms with Gasteiger partial charge in [0.15, 0.2) is 0 Å². The number of hydrogen-bond donors (Lipinski definition) is 3. The Labute approximate surface area is 172 Å². The minimum Gasteiger partial charge on any atom is -0.397 e. The van der Waals surface area contributed by atoms with Gasteiger partial charge in [0.2, 0.25) is 0 Å². The summed E-state index contributed by atoms with van der Waals surface area (Å²) in [4.78, 5) is 19.9. The standard InChI is InChI=1S/C24H32N4O/c1-2-3-4-5-6-7-11-14-26-20-17-22-21(16-19(20)25)28-24(29)23(27-22)15-18-12-9-8-10-13-18/h8-10,12-13,16-17,26H,2-7,11,14-15,25H2,1H3,(H,28,29). The number of aromatic nitrogens is 2. The van der Waals surface area contributed by atoms with Crippen LogP contribution in [0.25, 0.3) is 11.0 Å². The minimum absolute atomic E-state index is 0.162. The van der Waals surface area contributed by atoms with Crippen molar-refractivity contribution in [3.8, 4) is 0 Å². The van der Waals surface area contributed by atoms with Gasteiger partial charge in [-0.05, 0) is 24.1 Å². The van der Waals surface area contributed by atoms with Gasteiger partial charge in [-0.3, -0.25) is 4.79 Å². The zero-order valence-corrected chi connectivity index (χ0v) is 17.3. The van der Waals surface area contributed by atoms with E-state index in [1.165, 1.54) is 38.5 Å². The average molecular weight is 393 g/mol. The van der Waals surface area contributed by atoms with Crippen molar-refractivity contribution in [3.05, 3.63) is 64.1 Å². The number of fused-ring (bicyclic) bond motifs is 1. The van der Waals surface area contributed by atoms with E-state index < -0.39 is 0 Å². The third kappa shape index (κ3) is 6.08. The molecule has 0 saturated heterocycles. The number of aromatic amines is 1. The molecule has 0 fully saturated rings. The first-order valence-electron chi connectivity index (χ1n) is 10.8. The van der Waals surface area contributed by atoms with E-state index in [0.29, 0.717) is 23.3 Å². The number of benzene rings is 2. The van der Waals surface area contributed by atoms with Gasteiger partial charge in [-0.25, -0.2) is 4.98 Å². The Morgan fingerprint density at radius 3 is 2.48 bits per heavy atom. The summed E-state index contributed by atoms with van der Waals surface area (Å²) in [5, 5.41) is 3.43. The number of anilines is 2. The maximum absolute atomic E-state index is 12.4. The van der Waals surface area contributed by atoms with Crippen molar-refractivity contribution in [2.75, 3.05) is 17.6 Å². The molecule has 3 aromatic rings. The van der Waals surface area contributed by atoms with Gasteiger partial charge >= 0.3 is 0 Å². The second-order valence-electron chi connectivity index (χ2n) is 7.68. The highest BCUT2D eigenvalue weighted by Crippen LogP contribution is 2.24. The van der Waals surface area contributed by atoms with Crippen LogP contribution in [-0.4, -0.2) is 16.5 Å². The molecule has 0 spiro atoms. The fraction of sp³-hybridized carbons (Fsp3) is 0.417. The van der Waals surface area contributed by atoms with Crippen LogP contribution in [0.15, 0.2) is 47.3 Å². The molecule has 1 aromatic heterocycles. The molecule has 0 radical (unpaired) electrons. The van der Waals surface area contributed by atoms with Crippen LogP contribution in [0, 0.1) is 0 Å². The molecular formula is C24H32N4O. The molecule has 0 atom stereocenters. The summed E-state index contributed by atoms with van der Waals surface area (Å²) in [6.07, 6.45) is 9.46. The van der Waals surface area contributed by atoms with Crippen molar-refractivity contribution in [3.63, 3.8) is 0 Å². The van der Waals surface area contributed by atoms with Gasteiger partial charge in [-0.2, -0.15) is 0 Å². The summed E-state index contributed by atoms with van der Waals surface area (Å²) in [5.74, 6) is 0. The molecule has 154 valence electrons. The molecule has 0 aliphatic heterocycles. The normalized spacial score (nSPS) is 11.1. The van der Waals surface area contributed by atoms with Gasteiger partial charge < -0.3 is 16.0 Å². The van der Waals surface area contributed by atoms with Crippen molar-refractivity contribution >= 4 is 22.4 Å². The van der Waals surface area contributed by atoms with Crippen molar-refractivity contribution < 1.29 is 0 Å². The molecular weight excluding hydrogens is 360 g/mol. The molecule has 1 heterocycles. The summed E-state index contributed by atoms with van der Waals surface area (Å²) in [5.41, 5.74) is 10.6. The van der Waals surface area contributed by atoms with Crippen LogP contribution in [0.3, 0.4) is 0 Å². The lowest BCUT2D eigenvalue weighted by atomic mass is 10.1. The Morgan fingerprint density at radius 2 is 1.72 bits per heavy atom. The lowest BCUT2D eigenvalue weighted by Gasteiger charge is -2.11. The smallest absolute Gasteiger partial charge is 0.270 e. The lowest BCUT2D eigenvalue weighted by Crippen LogP contribution is -2.16. The van der Waals surface area contributed by atoms with Gasteiger partial charge in [0.1, 0.15) is 5.69 Å². The number of nitrogens with one attached hydrogen (secondary N) is 2. The van der Waals surface area contributed by atoms with Crippen molar-refractivity contribution in [2.45, 2.75) is 58.3 Å². The molecule has 0 amide bonds. The summed E-state index contributed by atoms with van der Waals surface area (Å²) in [6.45, 7) is 3.14. The second kappa shape index (κ2) is 10.6. The van der Waals surface area contributed by atoms with Crippen LogP contribution in [0.1, 0.15) is 63.1 Å². The third-order valence-electron chi connectivity index (χ3n) is 5.24. The number of nitrogens with two attached hydrogens (primary N) is 1. The maximum Gasteiger partial charge on any atom is 0.270 e. The number of unbranched alkanes of at least 4 members (excludes halogenated alkanes) is 6. The zero-order valence-electron chi connectivity index (χ0n) is 17.3. The van der Waals surface area contributed by atoms with Crippen LogP contribution in [-0.2, 0) is 6.42 Å². The van der Waals surface area contributed by atoms with Crippen molar-refractivity contribution in [1.82, 2.24) is 9.97 Å². The monoisotopic (exact) mass is 392 g/mol. The number of H-pyrrole nitrogens is 1. The molecule has 0 bridgehead atoms. The average Bonchev–Trinajstić information content (AvgIpc) is 2.72. The molecule has 4 N–H and O–H groups in total. The van der Waals surface area contributed by atoms with Gasteiger partial charge in [0.25, 0.3) is 5.56 Å². The van der Waals surface area contributed by atoms with E-state index in [-0.39, 0.29) is 5.56 Å². The van der Waals surface area contributed by atoms with Gasteiger partial charge in [-0.15, -0.1) is 0 Å². The second-order valence-corrected chi connectivity index (χ2v) is 7.68. The summed E-state index contributed by atoms with van der Waals surface area (Å²) >= 11 is 0. The van der Waals surface area contributed by atoms with E-state index >= 15 is 0 Å². The SMILES string of the molecule is CCCCCCCCCNc1cc2nc(Cc3ccccc3)c(=O)[nH]c2cc1N.